The Labute approximate surface area is 224 Å². The van der Waals surface area contributed by atoms with E-state index in [9.17, 15) is 22.4 Å². The number of halogens is 4. The topological polar surface area (TPSA) is 73.7 Å². The Balaban J connectivity index is 0.00000172. The molecule has 7 nitrogen and oxygen atoms in total. The highest BCUT2D eigenvalue weighted by atomic mass is 19.4. The highest BCUT2D eigenvalue weighted by Gasteiger charge is 2.39. The maximum atomic E-state index is 13.8. The van der Waals surface area contributed by atoms with Gasteiger partial charge in [-0.15, -0.1) is 0 Å². The zero-order valence-electron chi connectivity index (χ0n) is 21.9. The molecule has 1 saturated carbocycles. The van der Waals surface area contributed by atoms with Crippen LogP contribution in [0.4, 0.5) is 23.5 Å². The van der Waals surface area contributed by atoms with Crippen molar-refractivity contribution in [1.29, 1.82) is 0 Å². The summed E-state index contributed by atoms with van der Waals surface area (Å²) in [5.41, 5.74) is 2.48. The fraction of sp³-hybridized carbons (Fsp3) is 0.357. The zero-order chi connectivity index (χ0) is 28.2. The van der Waals surface area contributed by atoms with Crippen molar-refractivity contribution >= 4 is 18.2 Å². The van der Waals surface area contributed by atoms with Crippen molar-refractivity contribution < 1.29 is 22.4 Å². The quantitative estimate of drug-likeness (QED) is 0.374. The van der Waals surface area contributed by atoms with Gasteiger partial charge in [-0.2, -0.15) is 13.2 Å². The third-order valence-corrected chi connectivity index (χ3v) is 6.48. The molecule has 3 aromatic rings. The lowest BCUT2D eigenvalue weighted by Crippen LogP contribution is -2.53. The summed E-state index contributed by atoms with van der Waals surface area (Å²) in [5.74, 6) is -0.416. The van der Waals surface area contributed by atoms with Crippen LogP contribution in [0.1, 0.15) is 49.5 Å². The molecule has 1 N–H and O–H groups in total. The van der Waals surface area contributed by atoms with Crippen LogP contribution in [0.5, 0.6) is 0 Å². The van der Waals surface area contributed by atoms with E-state index in [0.29, 0.717) is 18.1 Å². The van der Waals surface area contributed by atoms with Crippen LogP contribution < -0.4 is 10.4 Å². The predicted molar refractivity (Wildman–Crippen MR) is 141 cm³/mol. The maximum absolute atomic E-state index is 13.8. The highest BCUT2D eigenvalue weighted by Crippen LogP contribution is 2.36. The van der Waals surface area contributed by atoms with Gasteiger partial charge in [0.05, 0.1) is 11.6 Å². The number of anilines is 1. The van der Waals surface area contributed by atoms with Crippen LogP contribution in [0.15, 0.2) is 65.9 Å². The van der Waals surface area contributed by atoms with Crippen molar-refractivity contribution in [3.05, 3.63) is 77.9 Å². The molecule has 1 aliphatic carbocycles. The molecule has 1 fully saturated rings. The molecule has 1 aromatic heterocycles. The summed E-state index contributed by atoms with van der Waals surface area (Å²) in [6.45, 7) is 6.19. The summed E-state index contributed by atoms with van der Waals surface area (Å²) in [7, 11) is 0. The molecule has 2 aromatic carbocycles. The Morgan fingerprint density at radius 2 is 1.74 bits per heavy atom. The van der Waals surface area contributed by atoms with Gasteiger partial charge < -0.3 is 4.90 Å². The Morgan fingerprint density at radius 3 is 2.36 bits per heavy atom. The SMILES string of the molecule is CC.CC(C1N=CNN1c1ncccn1)N(CC1CC1)C(=O)c1cc(-c2ccc(F)cc2)cc(C(F)(F)F)c1. The summed E-state index contributed by atoms with van der Waals surface area (Å²) in [6, 6.07) is 9.54. The summed E-state index contributed by atoms with van der Waals surface area (Å²) in [4.78, 5) is 28.3. The Hall–Kier alpha value is -4.02. The molecular weight excluding hydrogens is 512 g/mol. The van der Waals surface area contributed by atoms with Gasteiger partial charge in [0.25, 0.3) is 5.91 Å². The molecule has 2 atom stereocenters. The minimum Gasteiger partial charge on any atom is -0.332 e. The van der Waals surface area contributed by atoms with Crippen LogP contribution in [0, 0.1) is 11.7 Å². The molecule has 11 heteroatoms. The van der Waals surface area contributed by atoms with Crippen molar-refractivity contribution in [2.24, 2.45) is 10.9 Å². The highest BCUT2D eigenvalue weighted by molar-refractivity contribution is 5.96. The fourth-order valence-electron chi connectivity index (χ4n) is 4.31. The van der Waals surface area contributed by atoms with E-state index in [2.05, 4.69) is 20.4 Å². The van der Waals surface area contributed by atoms with Gasteiger partial charge in [0.2, 0.25) is 5.95 Å². The van der Waals surface area contributed by atoms with E-state index in [1.165, 1.54) is 36.7 Å². The van der Waals surface area contributed by atoms with Crippen LogP contribution >= 0.6 is 0 Å². The van der Waals surface area contributed by atoms with Crippen molar-refractivity contribution in [1.82, 2.24) is 20.3 Å². The molecule has 2 unspecified atom stereocenters. The number of hydrogen-bond acceptors (Lipinski definition) is 6. The number of nitrogens with zero attached hydrogens (tertiary/aromatic N) is 5. The fourth-order valence-corrected chi connectivity index (χ4v) is 4.31. The van der Waals surface area contributed by atoms with Crippen LogP contribution in [-0.4, -0.2) is 45.9 Å². The van der Waals surface area contributed by atoms with Gasteiger partial charge in [0.15, 0.2) is 6.17 Å². The Kier molecular flexibility index (Phi) is 8.47. The van der Waals surface area contributed by atoms with Gasteiger partial charge in [0, 0.05) is 24.5 Å². The second-order valence-electron chi connectivity index (χ2n) is 9.18. The average Bonchev–Trinajstić information content (AvgIpc) is 3.64. The molecule has 0 saturated heterocycles. The summed E-state index contributed by atoms with van der Waals surface area (Å²) < 4.78 is 54.9. The Morgan fingerprint density at radius 1 is 1.08 bits per heavy atom. The minimum atomic E-state index is -4.67. The van der Waals surface area contributed by atoms with Crippen LogP contribution in [-0.2, 0) is 6.18 Å². The zero-order valence-corrected chi connectivity index (χ0v) is 21.9. The van der Waals surface area contributed by atoms with Crippen LogP contribution in [0.25, 0.3) is 11.1 Å². The van der Waals surface area contributed by atoms with Crippen molar-refractivity contribution in [3.63, 3.8) is 0 Å². The van der Waals surface area contributed by atoms with E-state index in [4.69, 9.17) is 0 Å². The summed E-state index contributed by atoms with van der Waals surface area (Å²) in [6.07, 6.45) is 1.27. The van der Waals surface area contributed by atoms with E-state index < -0.39 is 35.7 Å². The lowest BCUT2D eigenvalue weighted by molar-refractivity contribution is -0.137. The van der Waals surface area contributed by atoms with Gasteiger partial charge >= 0.3 is 6.18 Å². The number of alkyl halides is 3. The molecule has 206 valence electrons. The number of aromatic nitrogens is 2. The number of hydrazine groups is 1. The summed E-state index contributed by atoms with van der Waals surface area (Å²) >= 11 is 0. The van der Waals surface area contributed by atoms with Gasteiger partial charge in [-0.05, 0) is 73.2 Å². The van der Waals surface area contributed by atoms with E-state index >= 15 is 0 Å². The number of carbonyl (C=O) groups is 1. The molecule has 2 heterocycles. The number of amides is 1. The second-order valence-corrected chi connectivity index (χ2v) is 9.18. The molecule has 0 spiro atoms. The lowest BCUT2D eigenvalue weighted by atomic mass is 9.98. The first-order chi connectivity index (χ1) is 18.7. The third kappa shape index (κ3) is 6.52. The molecule has 5 rings (SSSR count). The number of benzene rings is 2. The monoisotopic (exact) mass is 542 g/mol. The average molecular weight is 543 g/mol. The second kappa shape index (κ2) is 11.8. The van der Waals surface area contributed by atoms with E-state index in [-0.39, 0.29) is 17.0 Å². The van der Waals surface area contributed by atoms with Gasteiger partial charge in [-0.1, -0.05) is 26.0 Å². The van der Waals surface area contributed by atoms with Crippen molar-refractivity contribution in [2.75, 3.05) is 11.6 Å². The standard InChI is InChI=1S/C26H24F4N6O.C2H6/c1-16(23-33-15-34-36(23)25-31-9-2-10-32-25)35(14-17-3-4-17)24(37)20-11-19(12-21(13-20)26(28,29)30)18-5-7-22(27)8-6-18;1-2/h2,5-13,15-17,23H,3-4,14H2,1H3,(H,33,34);1-2H3. The number of nitrogens with one attached hydrogen (secondary N) is 1. The largest absolute Gasteiger partial charge is 0.416 e. The van der Waals surface area contributed by atoms with E-state index in [1.54, 1.807) is 35.3 Å². The molecule has 2 aliphatic rings. The van der Waals surface area contributed by atoms with E-state index in [0.717, 1.165) is 25.0 Å². The van der Waals surface area contributed by atoms with Crippen LogP contribution in [0.2, 0.25) is 0 Å². The molecule has 0 radical (unpaired) electrons. The van der Waals surface area contributed by atoms with Gasteiger partial charge in [0.1, 0.15) is 12.2 Å². The van der Waals surface area contributed by atoms with Crippen molar-refractivity contribution in [2.45, 2.75) is 52.0 Å². The van der Waals surface area contributed by atoms with Crippen molar-refractivity contribution in [3.8, 4) is 11.1 Å². The predicted octanol–water partition coefficient (Wildman–Crippen LogP) is 5.95. The Bertz CT molecular complexity index is 1300. The first kappa shape index (κ1) is 28.0. The first-order valence-electron chi connectivity index (χ1n) is 12.8. The smallest absolute Gasteiger partial charge is 0.332 e. The third-order valence-electron chi connectivity index (χ3n) is 6.48. The molecule has 1 amide bonds. The number of hydrogen-bond donors (Lipinski definition) is 1. The van der Waals surface area contributed by atoms with Gasteiger partial charge in [-0.3, -0.25) is 10.2 Å². The molecule has 1 aliphatic heterocycles. The van der Waals surface area contributed by atoms with Crippen LogP contribution in [0.3, 0.4) is 0 Å². The number of rotatable bonds is 7. The summed E-state index contributed by atoms with van der Waals surface area (Å²) in [5, 5.41) is 1.62. The normalized spacial score (nSPS) is 17.2. The minimum absolute atomic E-state index is 0.0981. The first-order valence-corrected chi connectivity index (χ1v) is 12.8. The van der Waals surface area contributed by atoms with Gasteiger partial charge in [-0.25, -0.2) is 24.4 Å². The number of aliphatic imine (C=N–C) groups is 1. The lowest BCUT2D eigenvalue weighted by Gasteiger charge is -2.35. The molecule has 0 bridgehead atoms. The molecule has 39 heavy (non-hydrogen) atoms. The maximum Gasteiger partial charge on any atom is 0.416 e. The molecular formula is C28H30F4N6O. The number of carbonyl (C=O) groups excluding carboxylic acids is 1. The van der Waals surface area contributed by atoms with E-state index in [1.807, 2.05) is 13.8 Å².